The number of nitrogens with one attached hydrogen (secondary N) is 1. The lowest BCUT2D eigenvalue weighted by Crippen LogP contribution is -2.64. The highest BCUT2D eigenvalue weighted by atomic mass is 32.1. The highest BCUT2D eigenvalue weighted by Gasteiger charge is 2.49. The maximum absolute atomic E-state index is 13.5. The largest absolute Gasteiger partial charge is 0.464 e. The van der Waals surface area contributed by atoms with Gasteiger partial charge in [0.2, 0.25) is 5.91 Å². The Morgan fingerprint density at radius 2 is 2.10 bits per heavy atom. The zero-order chi connectivity index (χ0) is 21.3. The van der Waals surface area contributed by atoms with E-state index in [0.717, 1.165) is 30.6 Å². The molecule has 1 aliphatic heterocycles. The number of carbonyl (C=O) groups is 3. The van der Waals surface area contributed by atoms with Gasteiger partial charge in [-0.05, 0) is 31.2 Å². The Balaban J connectivity index is 1.69. The van der Waals surface area contributed by atoms with Gasteiger partial charge in [0.1, 0.15) is 11.2 Å². The Bertz CT molecular complexity index is 948. The van der Waals surface area contributed by atoms with Crippen molar-refractivity contribution in [1.29, 1.82) is 0 Å². The summed E-state index contributed by atoms with van der Waals surface area (Å²) in [6.07, 6.45) is 6.77. The van der Waals surface area contributed by atoms with Crippen molar-refractivity contribution in [2.75, 3.05) is 7.11 Å². The average molecular weight is 431 g/mol. The first kappa shape index (κ1) is 20.6. The third-order valence-corrected chi connectivity index (χ3v) is 6.92. The number of carbonyl (C=O) groups excluding carboxylic acids is 3. The Labute approximate surface area is 179 Å². The van der Waals surface area contributed by atoms with Gasteiger partial charge < -0.3 is 19.5 Å². The quantitative estimate of drug-likeness (QED) is 0.736. The third kappa shape index (κ3) is 3.62. The summed E-state index contributed by atoms with van der Waals surface area (Å²) in [6.45, 7) is 2.30. The van der Waals surface area contributed by atoms with E-state index in [1.165, 1.54) is 31.2 Å². The van der Waals surface area contributed by atoms with Gasteiger partial charge in [-0.25, -0.2) is 9.78 Å². The lowest BCUT2D eigenvalue weighted by atomic mass is 9.91. The molecule has 2 aliphatic rings. The van der Waals surface area contributed by atoms with E-state index in [4.69, 9.17) is 4.74 Å². The average Bonchev–Trinajstić information content (AvgIpc) is 3.41. The van der Waals surface area contributed by atoms with E-state index in [-0.39, 0.29) is 36.4 Å². The molecule has 1 aliphatic carbocycles. The van der Waals surface area contributed by atoms with Crippen molar-refractivity contribution >= 4 is 29.1 Å². The topological polar surface area (TPSA) is 93.5 Å². The number of fused-ring (bicyclic) bond motifs is 1. The summed E-state index contributed by atoms with van der Waals surface area (Å²) in [4.78, 5) is 45.8. The summed E-state index contributed by atoms with van der Waals surface area (Å²) < 4.78 is 6.38. The van der Waals surface area contributed by atoms with Crippen LogP contribution in [-0.4, -0.2) is 50.9 Å². The lowest BCUT2D eigenvalue weighted by molar-refractivity contribution is -0.134. The first-order valence-electron chi connectivity index (χ1n) is 10.2. The SMILES string of the molecule is COC(=O)c1ncn2c1C(=O)N(Cc1cccs1)C(C)(C(=O)NC1CCCCC1)C2. The number of hydrogen-bond donors (Lipinski definition) is 1. The van der Waals surface area contributed by atoms with Crippen LogP contribution in [0, 0.1) is 0 Å². The Morgan fingerprint density at radius 1 is 1.33 bits per heavy atom. The van der Waals surface area contributed by atoms with Gasteiger partial charge in [-0.1, -0.05) is 25.3 Å². The number of ether oxygens (including phenoxy) is 1. The molecule has 1 unspecified atom stereocenters. The zero-order valence-electron chi connectivity index (χ0n) is 17.2. The van der Waals surface area contributed by atoms with Crippen LogP contribution in [-0.2, 0) is 22.6 Å². The van der Waals surface area contributed by atoms with Crippen molar-refractivity contribution in [3.8, 4) is 0 Å². The number of aromatic nitrogens is 2. The fourth-order valence-corrected chi connectivity index (χ4v) is 5.02. The Hall–Kier alpha value is -2.68. The number of thiophene rings is 1. The summed E-state index contributed by atoms with van der Waals surface area (Å²) in [6, 6.07) is 3.99. The van der Waals surface area contributed by atoms with Gasteiger partial charge in [-0.15, -0.1) is 11.3 Å². The van der Waals surface area contributed by atoms with Crippen molar-refractivity contribution in [2.45, 2.75) is 63.7 Å². The van der Waals surface area contributed by atoms with Crippen LogP contribution in [0.2, 0.25) is 0 Å². The van der Waals surface area contributed by atoms with Crippen molar-refractivity contribution in [3.63, 3.8) is 0 Å². The minimum absolute atomic E-state index is 0.0200. The fourth-order valence-electron chi connectivity index (χ4n) is 4.33. The van der Waals surface area contributed by atoms with Crippen LogP contribution in [0.15, 0.2) is 23.8 Å². The van der Waals surface area contributed by atoms with Crippen LogP contribution in [0.4, 0.5) is 0 Å². The molecule has 4 rings (SSSR count). The van der Waals surface area contributed by atoms with Crippen molar-refractivity contribution in [1.82, 2.24) is 19.8 Å². The number of methoxy groups -OCH3 is 1. The minimum Gasteiger partial charge on any atom is -0.464 e. The second kappa shape index (κ2) is 8.22. The molecule has 0 bridgehead atoms. The van der Waals surface area contributed by atoms with Gasteiger partial charge in [0, 0.05) is 10.9 Å². The number of rotatable bonds is 5. The molecular weight excluding hydrogens is 404 g/mol. The number of nitrogens with zero attached hydrogens (tertiary/aromatic N) is 3. The molecule has 1 fully saturated rings. The Morgan fingerprint density at radius 3 is 2.77 bits per heavy atom. The maximum Gasteiger partial charge on any atom is 0.359 e. The molecule has 1 atom stereocenters. The lowest BCUT2D eigenvalue weighted by Gasteiger charge is -2.44. The van der Waals surface area contributed by atoms with Crippen LogP contribution in [0.25, 0.3) is 0 Å². The fraction of sp³-hybridized carbons (Fsp3) is 0.524. The zero-order valence-corrected chi connectivity index (χ0v) is 18.0. The molecule has 9 heteroatoms. The van der Waals surface area contributed by atoms with Crippen LogP contribution in [0.3, 0.4) is 0 Å². The number of esters is 1. The van der Waals surface area contributed by atoms with Crippen molar-refractivity contribution in [3.05, 3.63) is 40.1 Å². The van der Waals surface area contributed by atoms with E-state index >= 15 is 0 Å². The molecule has 2 amide bonds. The predicted octanol–water partition coefficient (Wildman–Crippen LogP) is 2.59. The first-order valence-corrected chi connectivity index (χ1v) is 11.1. The smallest absolute Gasteiger partial charge is 0.359 e. The molecular formula is C21H26N4O4S. The highest BCUT2D eigenvalue weighted by Crippen LogP contribution is 2.32. The van der Waals surface area contributed by atoms with E-state index in [0.29, 0.717) is 0 Å². The summed E-state index contributed by atoms with van der Waals surface area (Å²) in [5.74, 6) is -1.23. The van der Waals surface area contributed by atoms with E-state index in [1.807, 2.05) is 17.5 Å². The van der Waals surface area contributed by atoms with E-state index < -0.39 is 17.4 Å². The van der Waals surface area contributed by atoms with Crippen LogP contribution in [0.5, 0.6) is 0 Å². The van der Waals surface area contributed by atoms with Gasteiger partial charge in [-0.3, -0.25) is 9.59 Å². The minimum atomic E-state index is -1.10. The number of amides is 2. The van der Waals surface area contributed by atoms with E-state index in [9.17, 15) is 14.4 Å². The number of imidazole rings is 1. The van der Waals surface area contributed by atoms with Gasteiger partial charge in [0.05, 0.1) is 26.5 Å². The molecule has 30 heavy (non-hydrogen) atoms. The molecule has 8 nitrogen and oxygen atoms in total. The molecule has 0 radical (unpaired) electrons. The van der Waals surface area contributed by atoms with Gasteiger partial charge in [0.15, 0.2) is 5.69 Å². The molecule has 3 heterocycles. The monoisotopic (exact) mass is 430 g/mol. The van der Waals surface area contributed by atoms with Gasteiger partial charge in [-0.2, -0.15) is 0 Å². The number of hydrogen-bond acceptors (Lipinski definition) is 6. The molecule has 2 aromatic heterocycles. The second-order valence-electron chi connectivity index (χ2n) is 8.11. The van der Waals surface area contributed by atoms with E-state index in [1.54, 1.807) is 16.4 Å². The Kier molecular flexibility index (Phi) is 5.64. The normalized spacial score (nSPS) is 21.9. The predicted molar refractivity (Wildman–Crippen MR) is 111 cm³/mol. The second-order valence-corrected chi connectivity index (χ2v) is 9.15. The molecule has 2 aromatic rings. The summed E-state index contributed by atoms with van der Waals surface area (Å²) in [5, 5.41) is 5.11. The van der Waals surface area contributed by atoms with Gasteiger partial charge in [0.25, 0.3) is 5.91 Å². The van der Waals surface area contributed by atoms with Crippen molar-refractivity contribution < 1.29 is 19.1 Å². The maximum atomic E-state index is 13.5. The van der Waals surface area contributed by atoms with Crippen LogP contribution >= 0.6 is 11.3 Å². The van der Waals surface area contributed by atoms with E-state index in [2.05, 4.69) is 10.3 Å². The molecule has 0 saturated heterocycles. The first-order chi connectivity index (χ1) is 14.4. The molecule has 1 N–H and O–H groups in total. The molecule has 1 saturated carbocycles. The summed E-state index contributed by atoms with van der Waals surface area (Å²) in [5.41, 5.74) is -0.950. The summed E-state index contributed by atoms with van der Waals surface area (Å²) in [7, 11) is 1.26. The third-order valence-electron chi connectivity index (χ3n) is 6.06. The highest BCUT2D eigenvalue weighted by molar-refractivity contribution is 7.09. The summed E-state index contributed by atoms with van der Waals surface area (Å²) >= 11 is 1.53. The standard InChI is InChI=1S/C21H26N4O4S/c1-21(20(28)23-14-7-4-3-5-8-14)12-24-13-22-16(19(27)29-2)17(24)18(26)25(21)11-15-9-6-10-30-15/h6,9-10,13-14H,3-5,7-8,11-12H2,1-2H3,(H,23,28). The van der Waals surface area contributed by atoms with Gasteiger partial charge >= 0.3 is 5.97 Å². The van der Waals surface area contributed by atoms with Crippen molar-refractivity contribution in [2.24, 2.45) is 0 Å². The molecule has 160 valence electrons. The van der Waals surface area contributed by atoms with Crippen LogP contribution in [0.1, 0.15) is 64.9 Å². The molecule has 0 aromatic carbocycles. The van der Waals surface area contributed by atoms with Crippen LogP contribution < -0.4 is 5.32 Å². The molecule has 0 spiro atoms.